The Labute approximate surface area is 189 Å². The van der Waals surface area contributed by atoms with Crippen molar-refractivity contribution >= 4 is 49.5 Å². The molecule has 0 aromatic heterocycles. The van der Waals surface area contributed by atoms with Crippen molar-refractivity contribution in [2.24, 2.45) is 0 Å². The molecule has 3 rings (SSSR count). The van der Waals surface area contributed by atoms with Crippen LogP contribution in [0.4, 0.5) is 22.7 Å². The van der Waals surface area contributed by atoms with Crippen LogP contribution in [0.1, 0.15) is 19.4 Å². The molecular formula is C24H30N4O3S. The van der Waals surface area contributed by atoms with Gasteiger partial charge in [0, 0.05) is 60.1 Å². The van der Waals surface area contributed by atoms with Crippen LogP contribution in [-0.4, -0.2) is 40.2 Å². The van der Waals surface area contributed by atoms with Crippen molar-refractivity contribution in [2.75, 3.05) is 41.4 Å². The zero-order chi connectivity index (χ0) is 23.3. The summed E-state index contributed by atoms with van der Waals surface area (Å²) in [5.41, 5.74) is 4.84. The van der Waals surface area contributed by atoms with Crippen LogP contribution in [0.3, 0.4) is 0 Å². The van der Waals surface area contributed by atoms with Crippen LogP contribution in [0.15, 0.2) is 54.6 Å². The average Bonchev–Trinajstić information content (AvgIpc) is 2.73. The van der Waals surface area contributed by atoms with Crippen LogP contribution in [0.2, 0.25) is 0 Å². The Morgan fingerprint density at radius 1 is 0.969 bits per heavy atom. The summed E-state index contributed by atoms with van der Waals surface area (Å²) >= 11 is 0. The first-order valence-corrected chi connectivity index (χ1v) is 12.4. The predicted molar refractivity (Wildman–Crippen MR) is 133 cm³/mol. The molecule has 0 aliphatic heterocycles. The largest absolute Gasteiger partial charge is 0.370 e. The number of carbonyl (C=O) groups excluding carboxylic acids is 1. The molecule has 32 heavy (non-hydrogen) atoms. The molecule has 0 radical (unpaired) electrons. The van der Waals surface area contributed by atoms with Crippen LogP contribution in [0.25, 0.3) is 10.8 Å². The second-order valence-electron chi connectivity index (χ2n) is 7.76. The van der Waals surface area contributed by atoms with Crippen LogP contribution >= 0.6 is 0 Å². The van der Waals surface area contributed by atoms with Crippen LogP contribution < -0.4 is 20.3 Å². The molecule has 3 N–H and O–H groups in total. The molecule has 0 saturated carbocycles. The van der Waals surface area contributed by atoms with Crippen molar-refractivity contribution in [2.45, 2.75) is 20.8 Å². The standard InChI is InChI=1S/C24H30N4O3S/c1-5-28(15-14-25-32(4,30)31)19-10-11-22(17(2)16-19)27-24-13-12-23(26-18(3)29)20-8-6-7-9-21(20)24/h6-13,16,25,27H,5,14-15H2,1-4H3,(H,26,29). The molecule has 1 amide bonds. The van der Waals surface area contributed by atoms with E-state index in [4.69, 9.17) is 0 Å². The highest BCUT2D eigenvalue weighted by Crippen LogP contribution is 2.33. The molecule has 0 aliphatic carbocycles. The minimum atomic E-state index is -3.20. The number of likely N-dealkylation sites (N-methyl/N-ethyl adjacent to an activating group) is 1. The van der Waals surface area contributed by atoms with Gasteiger partial charge >= 0.3 is 0 Å². The third-order valence-electron chi connectivity index (χ3n) is 5.21. The molecule has 3 aromatic rings. The maximum Gasteiger partial charge on any atom is 0.221 e. The van der Waals surface area contributed by atoms with E-state index in [2.05, 4.69) is 26.3 Å². The van der Waals surface area contributed by atoms with Crippen LogP contribution in [0, 0.1) is 6.92 Å². The maximum atomic E-state index is 11.5. The highest BCUT2D eigenvalue weighted by molar-refractivity contribution is 7.88. The minimum absolute atomic E-state index is 0.102. The molecule has 8 heteroatoms. The molecular weight excluding hydrogens is 424 g/mol. The fourth-order valence-electron chi connectivity index (χ4n) is 3.67. The highest BCUT2D eigenvalue weighted by atomic mass is 32.2. The molecule has 0 heterocycles. The fraction of sp³-hybridized carbons (Fsp3) is 0.292. The zero-order valence-electron chi connectivity index (χ0n) is 18.9. The Bertz CT molecular complexity index is 1230. The van der Waals surface area contributed by atoms with E-state index >= 15 is 0 Å². The highest BCUT2D eigenvalue weighted by Gasteiger charge is 2.11. The summed E-state index contributed by atoms with van der Waals surface area (Å²) in [5.74, 6) is -0.102. The van der Waals surface area contributed by atoms with Gasteiger partial charge in [-0.2, -0.15) is 0 Å². The van der Waals surface area contributed by atoms with E-state index in [0.717, 1.165) is 45.6 Å². The SMILES string of the molecule is CCN(CCNS(C)(=O)=O)c1ccc(Nc2ccc(NC(C)=O)c3ccccc23)c(C)c1. The van der Waals surface area contributed by atoms with E-state index in [1.807, 2.05) is 62.4 Å². The van der Waals surface area contributed by atoms with Gasteiger partial charge in [-0.05, 0) is 49.7 Å². The molecule has 7 nitrogen and oxygen atoms in total. The predicted octanol–water partition coefficient (Wildman–Crippen LogP) is 4.23. The third kappa shape index (κ3) is 5.99. The second-order valence-corrected chi connectivity index (χ2v) is 9.59. The van der Waals surface area contributed by atoms with Gasteiger partial charge in [0.25, 0.3) is 0 Å². The van der Waals surface area contributed by atoms with Crippen molar-refractivity contribution in [1.29, 1.82) is 0 Å². The minimum Gasteiger partial charge on any atom is -0.370 e. The number of fused-ring (bicyclic) bond motifs is 1. The second kappa shape index (κ2) is 10.0. The third-order valence-corrected chi connectivity index (χ3v) is 5.94. The quantitative estimate of drug-likeness (QED) is 0.450. The number of carbonyl (C=O) groups is 1. The number of nitrogens with zero attached hydrogens (tertiary/aromatic N) is 1. The molecule has 0 atom stereocenters. The van der Waals surface area contributed by atoms with Crippen molar-refractivity contribution < 1.29 is 13.2 Å². The van der Waals surface area contributed by atoms with Crippen LogP contribution in [0.5, 0.6) is 0 Å². The molecule has 170 valence electrons. The summed E-state index contributed by atoms with van der Waals surface area (Å²) in [6, 6.07) is 18.0. The molecule has 3 aromatic carbocycles. The lowest BCUT2D eigenvalue weighted by Gasteiger charge is -2.24. The molecule has 0 fully saturated rings. The lowest BCUT2D eigenvalue weighted by molar-refractivity contribution is -0.114. The van der Waals surface area contributed by atoms with Gasteiger partial charge in [-0.15, -0.1) is 0 Å². The summed E-state index contributed by atoms with van der Waals surface area (Å²) in [4.78, 5) is 13.7. The van der Waals surface area contributed by atoms with Crippen LogP contribution in [-0.2, 0) is 14.8 Å². The smallest absolute Gasteiger partial charge is 0.221 e. The monoisotopic (exact) mass is 454 g/mol. The van der Waals surface area contributed by atoms with Gasteiger partial charge in [0.05, 0.1) is 6.26 Å². The first-order chi connectivity index (χ1) is 15.2. The number of rotatable bonds is 9. The van der Waals surface area contributed by atoms with Gasteiger partial charge in [-0.1, -0.05) is 24.3 Å². The first-order valence-electron chi connectivity index (χ1n) is 10.5. The number of nitrogens with one attached hydrogen (secondary N) is 3. The van der Waals surface area contributed by atoms with Crippen molar-refractivity contribution in [1.82, 2.24) is 4.72 Å². The number of amides is 1. The van der Waals surface area contributed by atoms with Crippen molar-refractivity contribution in [3.63, 3.8) is 0 Å². The summed E-state index contributed by atoms with van der Waals surface area (Å²) in [7, 11) is -3.20. The molecule has 0 unspecified atom stereocenters. The Morgan fingerprint density at radius 3 is 2.19 bits per heavy atom. The molecule has 0 saturated heterocycles. The fourth-order valence-corrected chi connectivity index (χ4v) is 4.13. The number of anilines is 4. The molecule has 0 bridgehead atoms. The van der Waals surface area contributed by atoms with Crippen molar-refractivity contribution in [3.8, 4) is 0 Å². The van der Waals surface area contributed by atoms with Gasteiger partial charge in [-0.3, -0.25) is 4.79 Å². The maximum absolute atomic E-state index is 11.5. The number of hydrogen-bond acceptors (Lipinski definition) is 5. The lowest BCUT2D eigenvalue weighted by Crippen LogP contribution is -2.34. The van der Waals surface area contributed by atoms with Gasteiger partial charge in [-0.25, -0.2) is 13.1 Å². The summed E-state index contributed by atoms with van der Waals surface area (Å²) in [6.45, 7) is 7.31. The summed E-state index contributed by atoms with van der Waals surface area (Å²) < 4.78 is 25.2. The topological polar surface area (TPSA) is 90.5 Å². The van der Waals surface area contributed by atoms with E-state index in [0.29, 0.717) is 13.1 Å². The van der Waals surface area contributed by atoms with Gasteiger partial charge in [0.2, 0.25) is 15.9 Å². The summed E-state index contributed by atoms with van der Waals surface area (Å²) in [5, 5.41) is 8.40. The number of aryl methyl sites for hydroxylation is 1. The Kier molecular flexibility index (Phi) is 7.37. The number of sulfonamides is 1. The van der Waals surface area contributed by atoms with Gasteiger partial charge < -0.3 is 15.5 Å². The Morgan fingerprint density at radius 2 is 1.59 bits per heavy atom. The Balaban J connectivity index is 1.83. The molecule has 0 spiro atoms. The van der Waals surface area contributed by atoms with Gasteiger partial charge in [0.1, 0.15) is 0 Å². The average molecular weight is 455 g/mol. The van der Waals surface area contributed by atoms with Gasteiger partial charge in [0.15, 0.2) is 0 Å². The molecule has 0 aliphatic rings. The number of hydrogen-bond donors (Lipinski definition) is 3. The van der Waals surface area contributed by atoms with E-state index in [1.165, 1.54) is 13.2 Å². The van der Waals surface area contributed by atoms with E-state index in [9.17, 15) is 13.2 Å². The first kappa shape index (κ1) is 23.6. The number of benzene rings is 3. The van der Waals surface area contributed by atoms with E-state index in [-0.39, 0.29) is 5.91 Å². The lowest BCUT2D eigenvalue weighted by atomic mass is 10.1. The van der Waals surface area contributed by atoms with Crippen molar-refractivity contribution in [3.05, 3.63) is 60.2 Å². The van der Waals surface area contributed by atoms with E-state index < -0.39 is 10.0 Å². The Hall–Kier alpha value is -3.10. The van der Waals surface area contributed by atoms with E-state index in [1.54, 1.807) is 0 Å². The zero-order valence-corrected chi connectivity index (χ0v) is 19.7. The summed E-state index contributed by atoms with van der Waals surface area (Å²) in [6.07, 6.45) is 1.17. The normalized spacial score (nSPS) is 11.4.